The molecule has 0 bridgehead atoms. The van der Waals surface area contributed by atoms with E-state index >= 15 is 0 Å². The van der Waals surface area contributed by atoms with E-state index in [1.165, 1.54) is 18.2 Å². The van der Waals surface area contributed by atoms with Gasteiger partial charge in [-0.25, -0.2) is 4.39 Å². The van der Waals surface area contributed by atoms with Crippen LogP contribution in [-0.4, -0.2) is 26.3 Å². The molecule has 128 valence electrons. The molecule has 1 N–H and O–H groups in total. The standard InChI is InChI=1S/C16H12ClFN4O2S/c1-9(14(23)20-11-4-5-13(18)12(17)7-11)25-16-22-21-15(24-16)10-3-2-6-19-8-10/h2-9H,1H3,(H,20,23)/t9-/m1/s1. The van der Waals surface area contributed by atoms with E-state index in [1.54, 1.807) is 31.5 Å². The molecule has 0 saturated carbocycles. The SMILES string of the molecule is C[C@@H](Sc1nnc(-c2cccnc2)o1)C(=O)Nc1ccc(F)c(Cl)c1. The Balaban J connectivity index is 1.63. The van der Waals surface area contributed by atoms with Gasteiger partial charge in [-0.15, -0.1) is 10.2 Å². The molecule has 0 fully saturated rings. The summed E-state index contributed by atoms with van der Waals surface area (Å²) in [5, 5.41) is 10.2. The average Bonchev–Trinajstić information content (AvgIpc) is 3.07. The van der Waals surface area contributed by atoms with Crippen LogP contribution in [0.2, 0.25) is 5.02 Å². The highest BCUT2D eigenvalue weighted by molar-refractivity contribution is 8.00. The van der Waals surface area contributed by atoms with E-state index in [2.05, 4.69) is 20.5 Å². The van der Waals surface area contributed by atoms with Crippen LogP contribution in [0.5, 0.6) is 0 Å². The summed E-state index contributed by atoms with van der Waals surface area (Å²) in [6.07, 6.45) is 3.25. The lowest BCUT2D eigenvalue weighted by Crippen LogP contribution is -2.22. The number of aromatic nitrogens is 3. The molecule has 0 spiro atoms. The van der Waals surface area contributed by atoms with Gasteiger partial charge in [0.05, 0.1) is 15.8 Å². The minimum absolute atomic E-state index is 0.0591. The summed E-state index contributed by atoms with van der Waals surface area (Å²) in [5.74, 6) is -0.516. The van der Waals surface area contributed by atoms with E-state index in [4.69, 9.17) is 16.0 Å². The first-order valence-electron chi connectivity index (χ1n) is 7.19. The highest BCUT2D eigenvalue weighted by atomic mass is 35.5. The second-order valence-electron chi connectivity index (χ2n) is 4.99. The zero-order valence-electron chi connectivity index (χ0n) is 12.9. The van der Waals surface area contributed by atoms with Gasteiger partial charge in [-0.3, -0.25) is 9.78 Å². The van der Waals surface area contributed by atoms with Crippen molar-refractivity contribution in [2.24, 2.45) is 0 Å². The van der Waals surface area contributed by atoms with Gasteiger partial charge in [0, 0.05) is 18.1 Å². The van der Waals surface area contributed by atoms with Crippen molar-refractivity contribution in [1.82, 2.24) is 15.2 Å². The maximum atomic E-state index is 13.1. The van der Waals surface area contributed by atoms with E-state index in [9.17, 15) is 9.18 Å². The lowest BCUT2D eigenvalue weighted by atomic mass is 10.3. The van der Waals surface area contributed by atoms with Crippen molar-refractivity contribution in [3.05, 3.63) is 53.6 Å². The number of carbonyl (C=O) groups is 1. The van der Waals surface area contributed by atoms with Gasteiger partial charge in [-0.2, -0.15) is 0 Å². The Hall–Kier alpha value is -2.45. The van der Waals surface area contributed by atoms with Crippen LogP contribution in [0, 0.1) is 5.82 Å². The summed E-state index contributed by atoms with van der Waals surface area (Å²) in [7, 11) is 0. The van der Waals surface area contributed by atoms with Crippen molar-refractivity contribution in [2.75, 3.05) is 5.32 Å². The summed E-state index contributed by atoms with van der Waals surface area (Å²) in [4.78, 5) is 16.2. The molecule has 6 nitrogen and oxygen atoms in total. The van der Waals surface area contributed by atoms with Crippen LogP contribution >= 0.6 is 23.4 Å². The number of benzene rings is 1. The number of carbonyl (C=O) groups excluding carboxylic acids is 1. The molecule has 0 aliphatic carbocycles. The molecule has 9 heteroatoms. The van der Waals surface area contributed by atoms with E-state index in [1.807, 2.05) is 0 Å². The fourth-order valence-corrected chi connectivity index (χ4v) is 2.75. The number of thioether (sulfide) groups is 1. The summed E-state index contributed by atoms with van der Waals surface area (Å²) in [6.45, 7) is 1.69. The molecule has 3 rings (SSSR count). The number of hydrogen-bond acceptors (Lipinski definition) is 6. The summed E-state index contributed by atoms with van der Waals surface area (Å²) >= 11 is 6.81. The van der Waals surface area contributed by atoms with Gasteiger partial charge in [0.1, 0.15) is 5.82 Å². The fraction of sp³-hybridized carbons (Fsp3) is 0.125. The van der Waals surface area contributed by atoms with Crippen LogP contribution in [0.15, 0.2) is 52.4 Å². The van der Waals surface area contributed by atoms with Gasteiger partial charge in [0.25, 0.3) is 5.22 Å². The minimum atomic E-state index is -0.545. The number of halogens is 2. The van der Waals surface area contributed by atoms with E-state index in [-0.39, 0.29) is 16.2 Å². The predicted molar refractivity (Wildman–Crippen MR) is 92.9 cm³/mol. The van der Waals surface area contributed by atoms with Gasteiger partial charge in [0.2, 0.25) is 11.8 Å². The number of anilines is 1. The molecule has 0 aliphatic rings. The van der Waals surface area contributed by atoms with Gasteiger partial charge in [0.15, 0.2) is 0 Å². The minimum Gasteiger partial charge on any atom is -0.411 e. The van der Waals surface area contributed by atoms with Crippen molar-refractivity contribution in [3.8, 4) is 11.5 Å². The molecule has 2 heterocycles. The number of amides is 1. The van der Waals surface area contributed by atoms with Crippen molar-refractivity contribution in [2.45, 2.75) is 17.4 Å². The van der Waals surface area contributed by atoms with Crippen molar-refractivity contribution in [1.29, 1.82) is 0 Å². The van der Waals surface area contributed by atoms with Crippen LogP contribution in [0.1, 0.15) is 6.92 Å². The van der Waals surface area contributed by atoms with Crippen molar-refractivity contribution >= 4 is 35.0 Å². The Morgan fingerprint density at radius 2 is 2.20 bits per heavy atom. The highest BCUT2D eigenvalue weighted by Crippen LogP contribution is 2.27. The topological polar surface area (TPSA) is 80.9 Å². The smallest absolute Gasteiger partial charge is 0.277 e. The van der Waals surface area contributed by atoms with E-state index < -0.39 is 11.1 Å². The maximum absolute atomic E-state index is 13.1. The van der Waals surface area contributed by atoms with Crippen LogP contribution in [0.25, 0.3) is 11.5 Å². The second kappa shape index (κ2) is 7.62. The Bertz CT molecular complexity index is 891. The normalized spacial score (nSPS) is 12.0. The highest BCUT2D eigenvalue weighted by Gasteiger charge is 2.19. The van der Waals surface area contributed by atoms with Crippen molar-refractivity contribution < 1.29 is 13.6 Å². The Labute approximate surface area is 151 Å². The largest absolute Gasteiger partial charge is 0.411 e. The van der Waals surface area contributed by atoms with E-state index in [0.29, 0.717) is 17.1 Å². The molecule has 0 unspecified atom stereocenters. The van der Waals surface area contributed by atoms with Gasteiger partial charge in [-0.05, 0) is 37.3 Å². The molecule has 0 aliphatic heterocycles. The fourth-order valence-electron chi connectivity index (χ4n) is 1.89. The van der Waals surface area contributed by atoms with Gasteiger partial charge in [-0.1, -0.05) is 23.4 Å². The number of nitrogens with zero attached hydrogens (tertiary/aromatic N) is 3. The third-order valence-electron chi connectivity index (χ3n) is 3.15. The predicted octanol–water partition coefficient (Wildman–Crippen LogP) is 4.04. The maximum Gasteiger partial charge on any atom is 0.277 e. The summed E-state index contributed by atoms with van der Waals surface area (Å²) in [6, 6.07) is 7.52. The molecule has 1 aromatic carbocycles. The van der Waals surface area contributed by atoms with Gasteiger partial charge >= 0.3 is 0 Å². The average molecular weight is 379 g/mol. The first kappa shape index (κ1) is 17.4. The molecule has 3 aromatic rings. The van der Waals surface area contributed by atoms with Gasteiger partial charge < -0.3 is 9.73 Å². The number of hydrogen-bond donors (Lipinski definition) is 1. The molecule has 1 atom stereocenters. The van der Waals surface area contributed by atoms with Crippen LogP contribution < -0.4 is 5.32 Å². The first-order chi connectivity index (χ1) is 12.0. The number of rotatable bonds is 5. The Morgan fingerprint density at radius 1 is 1.36 bits per heavy atom. The lowest BCUT2D eigenvalue weighted by Gasteiger charge is -2.10. The quantitative estimate of drug-likeness (QED) is 0.675. The molecule has 25 heavy (non-hydrogen) atoms. The van der Waals surface area contributed by atoms with Crippen molar-refractivity contribution in [3.63, 3.8) is 0 Å². The molecule has 0 radical (unpaired) electrons. The number of pyridine rings is 1. The second-order valence-corrected chi connectivity index (χ2v) is 6.69. The molecular formula is C16H12ClFN4O2S. The molecule has 2 aromatic heterocycles. The first-order valence-corrected chi connectivity index (χ1v) is 8.45. The Kier molecular flexibility index (Phi) is 5.30. The third-order valence-corrected chi connectivity index (χ3v) is 4.37. The third kappa shape index (κ3) is 4.34. The molecule has 0 saturated heterocycles. The summed E-state index contributed by atoms with van der Waals surface area (Å²) in [5.41, 5.74) is 1.10. The summed E-state index contributed by atoms with van der Waals surface area (Å²) < 4.78 is 18.7. The molecule has 1 amide bonds. The van der Waals surface area contributed by atoms with Crippen LogP contribution in [0.4, 0.5) is 10.1 Å². The van der Waals surface area contributed by atoms with Crippen LogP contribution in [0.3, 0.4) is 0 Å². The van der Waals surface area contributed by atoms with E-state index in [0.717, 1.165) is 11.8 Å². The van der Waals surface area contributed by atoms with Crippen LogP contribution in [-0.2, 0) is 4.79 Å². The molecular weight excluding hydrogens is 367 g/mol. The number of nitrogens with one attached hydrogen (secondary N) is 1. The lowest BCUT2D eigenvalue weighted by molar-refractivity contribution is -0.115. The monoisotopic (exact) mass is 378 g/mol. The Morgan fingerprint density at radius 3 is 2.92 bits per heavy atom. The zero-order valence-corrected chi connectivity index (χ0v) is 14.5. The zero-order chi connectivity index (χ0) is 17.8.